The van der Waals surface area contributed by atoms with Crippen molar-refractivity contribution in [3.05, 3.63) is 36.4 Å². The first-order chi connectivity index (χ1) is 9.93. The average Bonchev–Trinajstić information content (AvgIpc) is 2.44. The number of sulfonamides is 1. The molecule has 1 N–H and O–H groups in total. The lowest BCUT2D eigenvalue weighted by atomic mass is 10.1. The van der Waals surface area contributed by atoms with Crippen molar-refractivity contribution >= 4 is 32.2 Å². The molecule has 0 spiro atoms. The SMILES string of the molecule is CCCCS(=O)(=O)Nc1cccc2cc(N(C)C)ccc12. The Kier molecular flexibility index (Phi) is 4.73. The largest absolute Gasteiger partial charge is 0.378 e. The highest BCUT2D eigenvalue weighted by molar-refractivity contribution is 7.92. The maximum Gasteiger partial charge on any atom is 0.232 e. The Labute approximate surface area is 126 Å². The molecule has 0 aliphatic carbocycles. The Morgan fingerprint density at radius 2 is 1.90 bits per heavy atom. The fourth-order valence-electron chi connectivity index (χ4n) is 2.19. The van der Waals surface area contributed by atoms with Crippen molar-refractivity contribution in [3.8, 4) is 0 Å². The van der Waals surface area contributed by atoms with Gasteiger partial charge in [-0.2, -0.15) is 0 Å². The van der Waals surface area contributed by atoms with Gasteiger partial charge in [0.2, 0.25) is 10.0 Å². The van der Waals surface area contributed by atoms with Crippen molar-refractivity contribution in [2.24, 2.45) is 0 Å². The second-order valence-electron chi connectivity index (χ2n) is 5.38. The van der Waals surface area contributed by atoms with E-state index in [0.29, 0.717) is 12.1 Å². The van der Waals surface area contributed by atoms with Crippen molar-refractivity contribution in [1.29, 1.82) is 0 Å². The summed E-state index contributed by atoms with van der Waals surface area (Å²) >= 11 is 0. The molecule has 0 saturated carbocycles. The van der Waals surface area contributed by atoms with E-state index in [1.165, 1.54) is 0 Å². The van der Waals surface area contributed by atoms with Gasteiger partial charge in [0.25, 0.3) is 0 Å². The van der Waals surface area contributed by atoms with Crippen LogP contribution in [0.15, 0.2) is 36.4 Å². The first-order valence-electron chi connectivity index (χ1n) is 7.13. The van der Waals surface area contributed by atoms with Crippen LogP contribution in [0.2, 0.25) is 0 Å². The molecule has 2 rings (SSSR count). The normalized spacial score (nSPS) is 11.6. The van der Waals surface area contributed by atoms with E-state index in [2.05, 4.69) is 10.8 Å². The molecule has 0 heterocycles. The van der Waals surface area contributed by atoms with Gasteiger partial charge in [0, 0.05) is 25.2 Å². The smallest absolute Gasteiger partial charge is 0.232 e. The molecule has 114 valence electrons. The van der Waals surface area contributed by atoms with Crippen LogP contribution in [0, 0.1) is 0 Å². The van der Waals surface area contributed by atoms with Gasteiger partial charge in [-0.05, 0) is 30.0 Å². The Bertz CT molecular complexity index is 724. The summed E-state index contributed by atoms with van der Waals surface area (Å²) in [5.41, 5.74) is 1.74. The van der Waals surface area contributed by atoms with Gasteiger partial charge in [-0.15, -0.1) is 0 Å². The maximum atomic E-state index is 12.1. The van der Waals surface area contributed by atoms with Gasteiger partial charge in [0.15, 0.2) is 0 Å². The Morgan fingerprint density at radius 1 is 1.14 bits per heavy atom. The predicted molar refractivity (Wildman–Crippen MR) is 90.6 cm³/mol. The minimum Gasteiger partial charge on any atom is -0.378 e. The molecule has 0 aromatic heterocycles. The summed E-state index contributed by atoms with van der Waals surface area (Å²) in [5, 5.41) is 1.94. The molecule has 21 heavy (non-hydrogen) atoms. The molecule has 4 nitrogen and oxygen atoms in total. The summed E-state index contributed by atoms with van der Waals surface area (Å²) in [6.07, 6.45) is 1.54. The Balaban J connectivity index is 2.37. The molecule has 5 heteroatoms. The quantitative estimate of drug-likeness (QED) is 0.889. The highest BCUT2D eigenvalue weighted by atomic mass is 32.2. The third-order valence-corrected chi connectivity index (χ3v) is 4.77. The third-order valence-electron chi connectivity index (χ3n) is 3.41. The first kappa shape index (κ1) is 15.6. The monoisotopic (exact) mass is 306 g/mol. The number of benzene rings is 2. The molecule has 0 atom stereocenters. The van der Waals surface area contributed by atoms with Crippen molar-refractivity contribution in [2.45, 2.75) is 19.8 Å². The van der Waals surface area contributed by atoms with Gasteiger partial charge in [0.1, 0.15) is 0 Å². The van der Waals surface area contributed by atoms with E-state index in [-0.39, 0.29) is 5.75 Å². The fraction of sp³-hybridized carbons (Fsp3) is 0.375. The van der Waals surface area contributed by atoms with Gasteiger partial charge < -0.3 is 4.90 Å². The van der Waals surface area contributed by atoms with E-state index in [1.807, 2.05) is 50.2 Å². The van der Waals surface area contributed by atoms with Crippen LogP contribution < -0.4 is 9.62 Å². The minimum absolute atomic E-state index is 0.162. The molecule has 2 aromatic carbocycles. The molecular weight excluding hydrogens is 284 g/mol. The summed E-state index contributed by atoms with van der Waals surface area (Å²) in [6.45, 7) is 1.98. The number of rotatable bonds is 6. The number of hydrogen-bond acceptors (Lipinski definition) is 3. The van der Waals surface area contributed by atoms with Crippen molar-refractivity contribution in [1.82, 2.24) is 0 Å². The van der Waals surface area contributed by atoms with E-state index in [0.717, 1.165) is 22.9 Å². The van der Waals surface area contributed by atoms with E-state index in [9.17, 15) is 8.42 Å². The number of anilines is 2. The minimum atomic E-state index is -3.28. The molecule has 0 radical (unpaired) electrons. The molecule has 0 unspecified atom stereocenters. The summed E-state index contributed by atoms with van der Waals surface area (Å²) in [6, 6.07) is 11.7. The third kappa shape index (κ3) is 3.88. The maximum absolute atomic E-state index is 12.1. The van der Waals surface area contributed by atoms with E-state index < -0.39 is 10.0 Å². The molecule has 0 bridgehead atoms. The van der Waals surface area contributed by atoms with Crippen LogP contribution in [0.25, 0.3) is 10.8 Å². The number of nitrogens with one attached hydrogen (secondary N) is 1. The molecule has 0 fully saturated rings. The van der Waals surface area contributed by atoms with Crippen LogP contribution in [-0.2, 0) is 10.0 Å². The highest BCUT2D eigenvalue weighted by Gasteiger charge is 2.11. The number of hydrogen-bond donors (Lipinski definition) is 1. The van der Waals surface area contributed by atoms with Gasteiger partial charge >= 0.3 is 0 Å². The van der Waals surface area contributed by atoms with Crippen molar-refractivity contribution < 1.29 is 8.42 Å². The van der Waals surface area contributed by atoms with Crippen LogP contribution >= 0.6 is 0 Å². The molecular formula is C16H22N2O2S. The highest BCUT2D eigenvalue weighted by Crippen LogP contribution is 2.27. The zero-order valence-corrected chi connectivity index (χ0v) is 13.6. The number of unbranched alkanes of at least 4 members (excludes halogenated alkanes) is 1. The Morgan fingerprint density at radius 3 is 2.57 bits per heavy atom. The summed E-state index contributed by atoms with van der Waals surface area (Å²) < 4.78 is 26.8. The zero-order valence-electron chi connectivity index (χ0n) is 12.8. The lowest BCUT2D eigenvalue weighted by molar-refractivity contribution is 0.598. The Hall–Kier alpha value is -1.75. The van der Waals surface area contributed by atoms with Gasteiger partial charge in [-0.1, -0.05) is 31.5 Å². The summed E-state index contributed by atoms with van der Waals surface area (Å²) in [4.78, 5) is 2.03. The van der Waals surface area contributed by atoms with Crippen LogP contribution in [-0.4, -0.2) is 28.3 Å². The van der Waals surface area contributed by atoms with Gasteiger partial charge in [-0.25, -0.2) is 8.42 Å². The van der Waals surface area contributed by atoms with Crippen molar-refractivity contribution in [2.75, 3.05) is 29.5 Å². The van der Waals surface area contributed by atoms with Crippen LogP contribution in [0.1, 0.15) is 19.8 Å². The lowest BCUT2D eigenvalue weighted by Gasteiger charge is -2.15. The van der Waals surface area contributed by atoms with Crippen LogP contribution in [0.3, 0.4) is 0 Å². The number of nitrogens with zero attached hydrogens (tertiary/aromatic N) is 1. The van der Waals surface area contributed by atoms with Crippen LogP contribution in [0.5, 0.6) is 0 Å². The van der Waals surface area contributed by atoms with Crippen molar-refractivity contribution in [3.63, 3.8) is 0 Å². The van der Waals surface area contributed by atoms with Gasteiger partial charge in [0.05, 0.1) is 11.4 Å². The second kappa shape index (κ2) is 6.35. The lowest BCUT2D eigenvalue weighted by Crippen LogP contribution is -2.16. The predicted octanol–water partition coefficient (Wildman–Crippen LogP) is 3.45. The summed E-state index contributed by atoms with van der Waals surface area (Å²) in [7, 11) is 0.694. The summed E-state index contributed by atoms with van der Waals surface area (Å²) in [5.74, 6) is 0.162. The fourth-order valence-corrected chi connectivity index (χ4v) is 3.48. The van der Waals surface area contributed by atoms with E-state index >= 15 is 0 Å². The zero-order chi connectivity index (χ0) is 15.5. The first-order valence-corrected chi connectivity index (χ1v) is 8.79. The topological polar surface area (TPSA) is 49.4 Å². The van der Waals surface area contributed by atoms with E-state index in [1.54, 1.807) is 6.07 Å². The molecule has 0 aliphatic rings. The molecule has 0 aliphatic heterocycles. The standard InChI is InChI=1S/C16H22N2O2S/c1-4-5-11-21(19,20)17-16-8-6-7-13-12-14(18(2)3)9-10-15(13)16/h6-10,12,17H,4-5,11H2,1-3H3. The molecule has 0 amide bonds. The molecule has 2 aromatic rings. The van der Waals surface area contributed by atoms with E-state index in [4.69, 9.17) is 0 Å². The molecule has 0 saturated heterocycles. The van der Waals surface area contributed by atoms with Crippen LogP contribution in [0.4, 0.5) is 11.4 Å². The second-order valence-corrected chi connectivity index (χ2v) is 7.22. The average molecular weight is 306 g/mol. The van der Waals surface area contributed by atoms with Gasteiger partial charge in [-0.3, -0.25) is 4.72 Å². The number of fused-ring (bicyclic) bond motifs is 1.